The number of hydrogen-bond acceptors (Lipinski definition) is 3. The lowest BCUT2D eigenvalue weighted by Crippen LogP contribution is -2.42. The number of aryl methyl sites for hydroxylation is 1. The lowest BCUT2D eigenvalue weighted by Gasteiger charge is -2.33. The lowest BCUT2D eigenvalue weighted by atomic mass is 9.82. The maximum Gasteiger partial charge on any atom is 0.117 e. The zero-order chi connectivity index (χ0) is 17.1. The molecule has 0 saturated carbocycles. The van der Waals surface area contributed by atoms with E-state index >= 15 is 0 Å². The van der Waals surface area contributed by atoms with Crippen molar-refractivity contribution in [2.75, 3.05) is 0 Å². The van der Waals surface area contributed by atoms with Crippen molar-refractivity contribution >= 4 is 0 Å². The first-order chi connectivity index (χ1) is 10.7. The van der Waals surface area contributed by atoms with Gasteiger partial charge in [0.05, 0.1) is 6.54 Å². The predicted molar refractivity (Wildman–Crippen MR) is 96.1 cm³/mol. The van der Waals surface area contributed by atoms with E-state index in [-0.39, 0.29) is 5.54 Å². The van der Waals surface area contributed by atoms with E-state index in [0.717, 1.165) is 36.5 Å². The van der Waals surface area contributed by atoms with E-state index in [4.69, 9.17) is 0 Å². The van der Waals surface area contributed by atoms with Crippen LogP contribution >= 0.6 is 0 Å². The quantitative estimate of drug-likeness (QED) is 0.866. The molecule has 0 aliphatic heterocycles. The summed E-state index contributed by atoms with van der Waals surface area (Å²) in [5.74, 6) is 0. The molecule has 1 aromatic heterocycles. The third-order valence-corrected chi connectivity index (χ3v) is 3.76. The Hall–Kier alpha value is -1.68. The van der Waals surface area contributed by atoms with Gasteiger partial charge in [0, 0.05) is 17.6 Å². The Morgan fingerprint density at radius 1 is 1.00 bits per heavy atom. The number of benzene rings is 1. The number of hydrogen-bond donors (Lipinski definition) is 1. The molecule has 126 valence electrons. The molecule has 4 nitrogen and oxygen atoms in total. The van der Waals surface area contributed by atoms with Crippen LogP contribution in [0.5, 0.6) is 0 Å². The van der Waals surface area contributed by atoms with Gasteiger partial charge in [-0.15, -0.1) is 0 Å². The molecule has 0 bridgehead atoms. The summed E-state index contributed by atoms with van der Waals surface area (Å²) in [6.45, 7) is 14.9. The van der Waals surface area contributed by atoms with Crippen molar-refractivity contribution in [3.8, 4) is 11.3 Å². The molecular formula is C19H30N4. The van der Waals surface area contributed by atoms with Gasteiger partial charge in [0.2, 0.25) is 0 Å². The summed E-state index contributed by atoms with van der Waals surface area (Å²) in [6, 6.07) is 10.3. The van der Waals surface area contributed by atoms with Gasteiger partial charge in [-0.2, -0.15) is 15.0 Å². The first-order valence-corrected chi connectivity index (χ1v) is 8.45. The first kappa shape index (κ1) is 17.7. The van der Waals surface area contributed by atoms with Gasteiger partial charge < -0.3 is 5.32 Å². The van der Waals surface area contributed by atoms with E-state index < -0.39 is 0 Å². The smallest absolute Gasteiger partial charge is 0.117 e. The molecule has 0 saturated heterocycles. The van der Waals surface area contributed by atoms with Crippen molar-refractivity contribution in [3.63, 3.8) is 0 Å². The van der Waals surface area contributed by atoms with Gasteiger partial charge in [-0.1, -0.05) is 51.1 Å². The van der Waals surface area contributed by atoms with Crippen molar-refractivity contribution in [2.24, 2.45) is 5.41 Å². The normalized spacial score (nSPS) is 12.6. The summed E-state index contributed by atoms with van der Waals surface area (Å²) in [5, 5.41) is 13.0. The third-order valence-electron chi connectivity index (χ3n) is 3.76. The molecule has 0 unspecified atom stereocenters. The van der Waals surface area contributed by atoms with Gasteiger partial charge in [0.25, 0.3) is 0 Å². The van der Waals surface area contributed by atoms with Crippen molar-refractivity contribution in [2.45, 2.75) is 66.6 Å². The second kappa shape index (κ2) is 6.83. The van der Waals surface area contributed by atoms with Gasteiger partial charge >= 0.3 is 0 Å². The van der Waals surface area contributed by atoms with Gasteiger partial charge in [0.15, 0.2) is 0 Å². The minimum Gasteiger partial charge on any atom is -0.306 e. The fraction of sp³-hybridized carbons (Fsp3) is 0.579. The summed E-state index contributed by atoms with van der Waals surface area (Å²) in [4.78, 5) is 1.77. The zero-order valence-electron chi connectivity index (χ0n) is 15.3. The minimum atomic E-state index is 0.0577. The molecule has 0 aliphatic rings. The summed E-state index contributed by atoms with van der Waals surface area (Å²) >= 11 is 0. The summed E-state index contributed by atoms with van der Waals surface area (Å²) in [5.41, 5.74) is 3.46. The predicted octanol–water partition coefficient (Wildman–Crippen LogP) is 4.27. The number of nitrogens with zero attached hydrogens (tertiary/aromatic N) is 3. The van der Waals surface area contributed by atoms with E-state index in [1.54, 1.807) is 4.80 Å². The molecular weight excluding hydrogens is 284 g/mol. The summed E-state index contributed by atoms with van der Waals surface area (Å²) < 4.78 is 0. The Balaban J connectivity index is 2.18. The van der Waals surface area contributed by atoms with Crippen molar-refractivity contribution in [1.29, 1.82) is 0 Å². The largest absolute Gasteiger partial charge is 0.306 e. The van der Waals surface area contributed by atoms with Crippen molar-refractivity contribution in [1.82, 2.24) is 20.3 Å². The molecule has 0 atom stereocenters. The van der Waals surface area contributed by atoms with Crippen molar-refractivity contribution in [3.05, 3.63) is 36.0 Å². The van der Waals surface area contributed by atoms with Crippen LogP contribution in [0.25, 0.3) is 11.3 Å². The van der Waals surface area contributed by atoms with Gasteiger partial charge in [-0.3, -0.25) is 0 Å². The first-order valence-electron chi connectivity index (χ1n) is 8.45. The Morgan fingerprint density at radius 2 is 1.65 bits per heavy atom. The SMILES string of the molecule is CCn1nc(CNC(C)(C)CC(C)(C)C)c(-c2ccccc2)n1. The summed E-state index contributed by atoms with van der Waals surface area (Å²) in [6.07, 6.45) is 1.10. The fourth-order valence-electron chi connectivity index (χ4n) is 3.17. The lowest BCUT2D eigenvalue weighted by molar-refractivity contribution is 0.240. The van der Waals surface area contributed by atoms with E-state index in [2.05, 4.69) is 69.2 Å². The zero-order valence-corrected chi connectivity index (χ0v) is 15.3. The van der Waals surface area contributed by atoms with Crippen LogP contribution in [0, 0.1) is 5.41 Å². The standard InChI is InChI=1S/C19H30N4/c1-7-23-21-16(13-20-19(5,6)14-18(2,3)4)17(22-23)15-11-9-8-10-12-15/h8-12,20H,7,13-14H2,1-6H3. The highest BCUT2D eigenvalue weighted by atomic mass is 15.5. The second-order valence-corrected chi connectivity index (χ2v) is 8.02. The molecule has 23 heavy (non-hydrogen) atoms. The van der Waals surface area contributed by atoms with Crippen molar-refractivity contribution < 1.29 is 0 Å². The Kier molecular flexibility index (Phi) is 5.25. The average Bonchev–Trinajstić information content (AvgIpc) is 2.87. The second-order valence-electron chi connectivity index (χ2n) is 8.02. The van der Waals surface area contributed by atoms with Crippen LogP contribution in [0.1, 0.15) is 53.7 Å². The van der Waals surface area contributed by atoms with Crippen LogP contribution in [-0.2, 0) is 13.1 Å². The molecule has 2 aromatic rings. The molecule has 4 heteroatoms. The molecule has 0 aliphatic carbocycles. The highest BCUT2D eigenvalue weighted by Gasteiger charge is 2.25. The average molecular weight is 314 g/mol. The molecule has 0 fully saturated rings. The van der Waals surface area contributed by atoms with E-state index in [1.807, 2.05) is 18.2 Å². The third kappa shape index (κ3) is 5.17. The number of aromatic nitrogens is 3. The van der Waals surface area contributed by atoms with E-state index in [9.17, 15) is 0 Å². The summed E-state index contributed by atoms with van der Waals surface area (Å²) in [7, 11) is 0. The Bertz CT molecular complexity index is 621. The number of nitrogens with one attached hydrogen (secondary N) is 1. The maximum atomic E-state index is 4.65. The van der Waals surface area contributed by atoms with Crippen LogP contribution in [-0.4, -0.2) is 20.5 Å². The van der Waals surface area contributed by atoms with E-state index in [1.165, 1.54) is 0 Å². The van der Waals surface area contributed by atoms with Crippen LogP contribution < -0.4 is 5.32 Å². The van der Waals surface area contributed by atoms with Gasteiger partial charge in [-0.25, -0.2) is 0 Å². The highest BCUT2D eigenvalue weighted by molar-refractivity contribution is 5.60. The van der Waals surface area contributed by atoms with E-state index in [0.29, 0.717) is 5.41 Å². The van der Waals surface area contributed by atoms with Gasteiger partial charge in [0.1, 0.15) is 11.4 Å². The molecule has 1 aromatic carbocycles. The fourth-order valence-corrected chi connectivity index (χ4v) is 3.17. The molecule has 0 spiro atoms. The van der Waals surface area contributed by atoms with Crippen LogP contribution in [0.3, 0.4) is 0 Å². The van der Waals surface area contributed by atoms with Crippen LogP contribution in [0.4, 0.5) is 0 Å². The highest BCUT2D eigenvalue weighted by Crippen LogP contribution is 2.27. The molecule has 0 radical (unpaired) electrons. The topological polar surface area (TPSA) is 42.7 Å². The maximum absolute atomic E-state index is 4.65. The molecule has 2 rings (SSSR count). The Labute approximate surface area is 140 Å². The Morgan fingerprint density at radius 3 is 2.22 bits per heavy atom. The van der Waals surface area contributed by atoms with Crippen LogP contribution in [0.2, 0.25) is 0 Å². The van der Waals surface area contributed by atoms with Gasteiger partial charge in [-0.05, 0) is 32.6 Å². The monoisotopic (exact) mass is 314 g/mol. The number of rotatable bonds is 6. The molecule has 0 amide bonds. The molecule has 1 heterocycles. The minimum absolute atomic E-state index is 0.0577. The van der Waals surface area contributed by atoms with Crippen LogP contribution in [0.15, 0.2) is 30.3 Å². The molecule has 1 N–H and O–H groups in total.